The Morgan fingerprint density at radius 3 is 2.62 bits per heavy atom. The average molecular weight is 287 g/mol. The zero-order chi connectivity index (χ0) is 15.1. The van der Waals surface area contributed by atoms with Gasteiger partial charge in [-0.05, 0) is 31.0 Å². The first-order valence-electron chi connectivity index (χ1n) is 6.97. The van der Waals surface area contributed by atoms with Gasteiger partial charge < -0.3 is 15.4 Å². The van der Waals surface area contributed by atoms with Crippen LogP contribution in [-0.2, 0) is 17.9 Å². The minimum atomic E-state index is 0.389. The number of rotatable bonds is 7. The van der Waals surface area contributed by atoms with Gasteiger partial charge in [0.1, 0.15) is 18.2 Å². The Balaban J connectivity index is 2.13. The number of pyridine rings is 1. The van der Waals surface area contributed by atoms with Gasteiger partial charge in [0, 0.05) is 38.7 Å². The van der Waals surface area contributed by atoms with E-state index in [-0.39, 0.29) is 0 Å². The van der Waals surface area contributed by atoms with Gasteiger partial charge in [0.2, 0.25) is 0 Å². The van der Waals surface area contributed by atoms with Crippen LogP contribution in [0.1, 0.15) is 23.9 Å². The molecule has 2 rings (SSSR count). The van der Waals surface area contributed by atoms with Gasteiger partial charge >= 0.3 is 0 Å². The van der Waals surface area contributed by atoms with Crippen LogP contribution >= 0.6 is 0 Å². The fourth-order valence-electron chi connectivity index (χ4n) is 1.92. The maximum atomic E-state index is 5.11. The van der Waals surface area contributed by atoms with Gasteiger partial charge in [0.05, 0.1) is 0 Å². The van der Waals surface area contributed by atoms with Crippen LogP contribution in [0.15, 0.2) is 24.5 Å². The topological polar surface area (TPSA) is 72.0 Å². The van der Waals surface area contributed by atoms with Gasteiger partial charge in [0.25, 0.3) is 0 Å². The van der Waals surface area contributed by atoms with Gasteiger partial charge in [-0.3, -0.25) is 4.98 Å². The number of hydrogen-bond donors (Lipinski definition) is 2. The molecule has 0 radical (unpaired) electrons. The van der Waals surface area contributed by atoms with Crippen molar-refractivity contribution in [3.05, 3.63) is 41.5 Å². The van der Waals surface area contributed by atoms with Crippen molar-refractivity contribution in [3.8, 4) is 0 Å². The molecule has 0 aromatic carbocycles. The molecule has 0 atom stereocenters. The van der Waals surface area contributed by atoms with Crippen molar-refractivity contribution in [1.29, 1.82) is 0 Å². The molecule has 0 aliphatic carbocycles. The van der Waals surface area contributed by atoms with E-state index in [4.69, 9.17) is 4.74 Å². The molecular weight excluding hydrogens is 266 g/mol. The number of ether oxygens (including phenoxy) is 1. The Morgan fingerprint density at radius 2 is 1.95 bits per heavy atom. The molecule has 0 saturated carbocycles. The minimum absolute atomic E-state index is 0.389. The summed E-state index contributed by atoms with van der Waals surface area (Å²) in [6.45, 7) is 5.97. The molecule has 0 aliphatic rings. The van der Waals surface area contributed by atoms with Crippen molar-refractivity contribution in [2.24, 2.45) is 0 Å². The molecule has 112 valence electrons. The van der Waals surface area contributed by atoms with E-state index in [0.29, 0.717) is 19.0 Å². The molecule has 0 bridgehead atoms. The van der Waals surface area contributed by atoms with Crippen LogP contribution in [0, 0.1) is 6.92 Å². The maximum absolute atomic E-state index is 5.11. The summed E-state index contributed by atoms with van der Waals surface area (Å²) in [4.78, 5) is 13.0. The van der Waals surface area contributed by atoms with Crippen molar-refractivity contribution in [1.82, 2.24) is 15.0 Å². The molecule has 0 fully saturated rings. The lowest BCUT2D eigenvalue weighted by Gasteiger charge is -2.11. The zero-order valence-electron chi connectivity index (χ0n) is 12.7. The van der Waals surface area contributed by atoms with Gasteiger partial charge in [-0.25, -0.2) is 9.97 Å². The Bertz CT molecular complexity index is 564. The molecule has 0 unspecified atom stereocenters. The standard InChI is InChI=1S/C15H21N5O/c1-4-17-13-7-14(20-15(19-13)10-21-3)18-9-12-8-16-6-5-11(12)2/h5-8H,4,9-10H2,1-3H3,(H2,17,18,19,20). The smallest absolute Gasteiger partial charge is 0.158 e. The number of aromatic nitrogens is 3. The molecular formula is C15H21N5O. The summed E-state index contributed by atoms with van der Waals surface area (Å²) >= 11 is 0. The summed E-state index contributed by atoms with van der Waals surface area (Å²) in [6.07, 6.45) is 3.66. The Kier molecular flexibility index (Phi) is 5.45. The number of methoxy groups -OCH3 is 1. The molecule has 0 aliphatic heterocycles. The second kappa shape index (κ2) is 7.54. The van der Waals surface area contributed by atoms with E-state index in [1.807, 2.05) is 25.3 Å². The van der Waals surface area contributed by atoms with Crippen molar-refractivity contribution in [2.75, 3.05) is 24.3 Å². The van der Waals surface area contributed by atoms with Crippen molar-refractivity contribution in [3.63, 3.8) is 0 Å². The molecule has 6 heteroatoms. The molecule has 2 aromatic heterocycles. The Labute approximate surface area is 125 Å². The second-order valence-corrected chi connectivity index (χ2v) is 4.67. The number of nitrogens with one attached hydrogen (secondary N) is 2. The summed E-state index contributed by atoms with van der Waals surface area (Å²) in [5, 5.41) is 6.51. The predicted octanol–water partition coefficient (Wildman–Crippen LogP) is 2.37. The summed E-state index contributed by atoms with van der Waals surface area (Å²) < 4.78 is 5.11. The largest absolute Gasteiger partial charge is 0.377 e. The van der Waals surface area contributed by atoms with Crippen molar-refractivity contribution in [2.45, 2.75) is 27.0 Å². The zero-order valence-corrected chi connectivity index (χ0v) is 12.7. The number of anilines is 2. The van der Waals surface area contributed by atoms with Gasteiger partial charge in [-0.2, -0.15) is 0 Å². The first-order chi connectivity index (χ1) is 10.2. The van der Waals surface area contributed by atoms with E-state index in [0.717, 1.165) is 23.7 Å². The third-order valence-corrected chi connectivity index (χ3v) is 3.01. The first kappa shape index (κ1) is 15.2. The van der Waals surface area contributed by atoms with Crippen LogP contribution in [0.4, 0.5) is 11.6 Å². The first-order valence-corrected chi connectivity index (χ1v) is 6.97. The third kappa shape index (κ3) is 4.39. The van der Waals surface area contributed by atoms with Gasteiger partial charge in [0.15, 0.2) is 5.82 Å². The highest BCUT2D eigenvalue weighted by Crippen LogP contribution is 2.14. The Morgan fingerprint density at radius 1 is 1.19 bits per heavy atom. The molecule has 0 spiro atoms. The third-order valence-electron chi connectivity index (χ3n) is 3.01. The van der Waals surface area contributed by atoms with Crippen LogP contribution in [0.25, 0.3) is 0 Å². The monoisotopic (exact) mass is 287 g/mol. The lowest BCUT2D eigenvalue weighted by atomic mass is 10.1. The Hall–Kier alpha value is -2.21. The normalized spacial score (nSPS) is 10.4. The fourth-order valence-corrected chi connectivity index (χ4v) is 1.92. The SMILES string of the molecule is CCNc1cc(NCc2cnccc2C)nc(COC)n1. The van der Waals surface area contributed by atoms with Crippen molar-refractivity contribution < 1.29 is 4.74 Å². The number of hydrogen-bond acceptors (Lipinski definition) is 6. The molecule has 2 heterocycles. The summed E-state index contributed by atoms with van der Waals surface area (Å²) in [6, 6.07) is 3.89. The maximum Gasteiger partial charge on any atom is 0.158 e. The highest BCUT2D eigenvalue weighted by atomic mass is 16.5. The van der Waals surface area contributed by atoms with Gasteiger partial charge in [-0.1, -0.05) is 0 Å². The molecule has 0 amide bonds. The summed E-state index contributed by atoms with van der Waals surface area (Å²) in [7, 11) is 1.63. The van der Waals surface area contributed by atoms with Crippen LogP contribution in [0.2, 0.25) is 0 Å². The van der Waals surface area contributed by atoms with E-state index in [2.05, 4.69) is 32.5 Å². The van der Waals surface area contributed by atoms with Crippen molar-refractivity contribution >= 4 is 11.6 Å². The molecule has 0 saturated heterocycles. The number of aryl methyl sites for hydroxylation is 1. The predicted molar refractivity (Wildman–Crippen MR) is 83.2 cm³/mol. The number of nitrogens with zero attached hydrogens (tertiary/aromatic N) is 3. The highest BCUT2D eigenvalue weighted by molar-refractivity contribution is 5.48. The molecule has 2 N–H and O–H groups in total. The molecule has 6 nitrogen and oxygen atoms in total. The average Bonchev–Trinajstić information content (AvgIpc) is 2.47. The van der Waals surface area contributed by atoms with Crippen LogP contribution in [0.5, 0.6) is 0 Å². The van der Waals surface area contributed by atoms with E-state index in [1.165, 1.54) is 5.56 Å². The molecule has 2 aromatic rings. The van der Waals surface area contributed by atoms with E-state index in [1.54, 1.807) is 13.3 Å². The lowest BCUT2D eigenvalue weighted by Crippen LogP contribution is -2.09. The van der Waals surface area contributed by atoms with E-state index < -0.39 is 0 Å². The minimum Gasteiger partial charge on any atom is -0.377 e. The lowest BCUT2D eigenvalue weighted by molar-refractivity contribution is 0.178. The highest BCUT2D eigenvalue weighted by Gasteiger charge is 2.05. The summed E-state index contributed by atoms with van der Waals surface area (Å²) in [5.41, 5.74) is 2.35. The van der Waals surface area contributed by atoms with E-state index >= 15 is 0 Å². The quantitative estimate of drug-likeness (QED) is 0.814. The second-order valence-electron chi connectivity index (χ2n) is 4.67. The van der Waals surface area contributed by atoms with Gasteiger partial charge in [-0.15, -0.1) is 0 Å². The van der Waals surface area contributed by atoms with E-state index in [9.17, 15) is 0 Å². The summed E-state index contributed by atoms with van der Waals surface area (Å²) in [5.74, 6) is 2.22. The fraction of sp³-hybridized carbons (Fsp3) is 0.400. The van der Waals surface area contributed by atoms with Crippen LogP contribution in [0.3, 0.4) is 0 Å². The van der Waals surface area contributed by atoms with Crippen LogP contribution in [-0.4, -0.2) is 28.6 Å². The van der Waals surface area contributed by atoms with Crippen LogP contribution < -0.4 is 10.6 Å². The molecule has 21 heavy (non-hydrogen) atoms.